The summed E-state index contributed by atoms with van der Waals surface area (Å²) < 4.78 is 1.76. The lowest BCUT2D eigenvalue weighted by atomic mass is 9.96. The number of aromatic nitrogens is 4. The number of nitrogens with zero attached hydrogens (tertiary/aromatic N) is 5. The maximum Gasteiger partial charge on any atom is 0.253 e. The quantitative estimate of drug-likeness (QED) is 0.824. The topological polar surface area (TPSA) is 63.9 Å². The summed E-state index contributed by atoms with van der Waals surface area (Å²) in [5.74, 6) is 3.03. The van der Waals surface area contributed by atoms with Crippen LogP contribution in [0.3, 0.4) is 0 Å². The second-order valence-electron chi connectivity index (χ2n) is 7.82. The van der Waals surface area contributed by atoms with Gasteiger partial charge in [-0.15, -0.1) is 0 Å². The molecule has 0 amide bonds. The number of hydrogen-bond donors (Lipinski definition) is 0. The predicted molar refractivity (Wildman–Crippen MR) is 104 cm³/mol. The van der Waals surface area contributed by atoms with E-state index in [1.54, 1.807) is 17.0 Å². The van der Waals surface area contributed by atoms with Crippen LogP contribution in [0.4, 0.5) is 5.82 Å². The van der Waals surface area contributed by atoms with Gasteiger partial charge in [0.15, 0.2) is 0 Å². The van der Waals surface area contributed by atoms with Gasteiger partial charge in [-0.3, -0.25) is 9.36 Å². The van der Waals surface area contributed by atoms with Gasteiger partial charge >= 0.3 is 0 Å². The molecule has 1 saturated heterocycles. The molecule has 6 nitrogen and oxygen atoms in total. The first-order chi connectivity index (χ1) is 12.4. The maximum absolute atomic E-state index is 12.3. The van der Waals surface area contributed by atoms with Crippen molar-refractivity contribution in [3.63, 3.8) is 0 Å². The minimum Gasteiger partial charge on any atom is -0.356 e. The summed E-state index contributed by atoms with van der Waals surface area (Å²) >= 11 is 0. The third-order valence-corrected chi connectivity index (χ3v) is 5.06. The molecule has 1 aliphatic heterocycles. The van der Waals surface area contributed by atoms with E-state index in [-0.39, 0.29) is 11.5 Å². The SMILES string of the molecule is CC(C)c1cc(=O)n(CC2CCN(c3ccnc(C(C)C)n3)CC2)cn1. The zero-order valence-corrected chi connectivity index (χ0v) is 16.2. The zero-order valence-electron chi connectivity index (χ0n) is 16.2. The van der Waals surface area contributed by atoms with Crippen LogP contribution in [-0.2, 0) is 6.54 Å². The molecule has 1 aliphatic rings. The molecule has 0 spiro atoms. The van der Waals surface area contributed by atoms with Crippen LogP contribution in [0.5, 0.6) is 0 Å². The lowest BCUT2D eigenvalue weighted by Crippen LogP contribution is -2.37. The molecule has 3 rings (SSSR count). The lowest BCUT2D eigenvalue weighted by Gasteiger charge is -2.33. The minimum absolute atomic E-state index is 0.0588. The van der Waals surface area contributed by atoms with E-state index in [4.69, 9.17) is 4.98 Å². The Morgan fingerprint density at radius 3 is 2.46 bits per heavy atom. The molecule has 6 heteroatoms. The van der Waals surface area contributed by atoms with Gasteiger partial charge in [0.2, 0.25) is 0 Å². The third kappa shape index (κ3) is 4.29. The fraction of sp³-hybridized carbons (Fsp3) is 0.600. The van der Waals surface area contributed by atoms with E-state index in [1.807, 2.05) is 12.3 Å². The molecule has 2 aromatic heterocycles. The Morgan fingerprint density at radius 1 is 1.12 bits per heavy atom. The van der Waals surface area contributed by atoms with Crippen LogP contribution in [0, 0.1) is 5.92 Å². The predicted octanol–water partition coefficient (Wildman–Crippen LogP) is 3.20. The molecule has 0 atom stereocenters. The van der Waals surface area contributed by atoms with Crippen molar-refractivity contribution in [1.82, 2.24) is 19.5 Å². The van der Waals surface area contributed by atoms with Crippen molar-refractivity contribution in [2.24, 2.45) is 5.92 Å². The van der Waals surface area contributed by atoms with Crippen molar-refractivity contribution in [2.45, 2.75) is 58.9 Å². The number of anilines is 1. The Hall–Kier alpha value is -2.24. The van der Waals surface area contributed by atoms with Crippen LogP contribution in [0.1, 0.15) is 63.9 Å². The molecule has 0 saturated carbocycles. The van der Waals surface area contributed by atoms with Crippen molar-refractivity contribution < 1.29 is 0 Å². The second-order valence-corrected chi connectivity index (χ2v) is 7.82. The van der Waals surface area contributed by atoms with Gasteiger partial charge in [-0.05, 0) is 30.7 Å². The van der Waals surface area contributed by atoms with Crippen molar-refractivity contribution >= 4 is 5.82 Å². The van der Waals surface area contributed by atoms with Crippen molar-refractivity contribution in [3.05, 3.63) is 46.5 Å². The number of hydrogen-bond acceptors (Lipinski definition) is 5. The first-order valence-electron chi connectivity index (χ1n) is 9.58. The fourth-order valence-corrected chi connectivity index (χ4v) is 3.33. The minimum atomic E-state index is 0.0588. The van der Waals surface area contributed by atoms with Crippen LogP contribution in [0.2, 0.25) is 0 Å². The lowest BCUT2D eigenvalue weighted by molar-refractivity contribution is 0.349. The summed E-state index contributed by atoms with van der Waals surface area (Å²) in [5, 5.41) is 0. The Bertz CT molecular complexity index is 791. The van der Waals surface area contributed by atoms with E-state index in [2.05, 4.69) is 42.6 Å². The summed E-state index contributed by atoms with van der Waals surface area (Å²) in [6, 6.07) is 3.67. The van der Waals surface area contributed by atoms with Crippen molar-refractivity contribution in [3.8, 4) is 0 Å². The molecule has 2 aromatic rings. The summed E-state index contributed by atoms with van der Waals surface area (Å²) in [4.78, 5) is 28.1. The largest absolute Gasteiger partial charge is 0.356 e. The Labute approximate surface area is 155 Å². The highest BCUT2D eigenvalue weighted by Crippen LogP contribution is 2.23. The molecular formula is C20H29N5O. The summed E-state index contributed by atoms with van der Waals surface area (Å²) in [5.41, 5.74) is 0.925. The second kappa shape index (κ2) is 7.98. The molecule has 0 unspecified atom stereocenters. The Kier molecular flexibility index (Phi) is 5.69. The average molecular weight is 355 g/mol. The average Bonchev–Trinajstić information content (AvgIpc) is 2.64. The molecule has 3 heterocycles. The van der Waals surface area contributed by atoms with E-state index in [0.29, 0.717) is 11.8 Å². The highest BCUT2D eigenvalue weighted by atomic mass is 16.1. The molecular weight excluding hydrogens is 326 g/mol. The molecule has 0 radical (unpaired) electrons. The van der Waals surface area contributed by atoms with E-state index in [1.165, 1.54) is 0 Å². The van der Waals surface area contributed by atoms with Gasteiger partial charge in [-0.25, -0.2) is 15.0 Å². The fourth-order valence-electron chi connectivity index (χ4n) is 3.33. The van der Waals surface area contributed by atoms with Gasteiger partial charge in [0, 0.05) is 37.8 Å². The third-order valence-electron chi connectivity index (χ3n) is 5.06. The van der Waals surface area contributed by atoms with Gasteiger partial charge in [-0.2, -0.15) is 0 Å². The Morgan fingerprint density at radius 2 is 1.85 bits per heavy atom. The molecule has 140 valence electrons. The highest BCUT2D eigenvalue weighted by Gasteiger charge is 2.21. The first-order valence-corrected chi connectivity index (χ1v) is 9.58. The standard InChI is InChI=1S/C20H29N5O/c1-14(2)17-11-19(26)25(13-22-17)12-16-6-9-24(10-7-16)18-5-8-21-20(23-18)15(3)4/h5,8,11,13-16H,6-7,9-10,12H2,1-4H3. The Balaban J connectivity index is 1.61. The smallest absolute Gasteiger partial charge is 0.253 e. The molecule has 0 aromatic carbocycles. The molecule has 26 heavy (non-hydrogen) atoms. The van der Waals surface area contributed by atoms with Crippen LogP contribution >= 0.6 is 0 Å². The zero-order chi connectivity index (χ0) is 18.7. The molecule has 1 fully saturated rings. The number of rotatable bonds is 5. The maximum atomic E-state index is 12.3. The highest BCUT2D eigenvalue weighted by molar-refractivity contribution is 5.38. The summed E-state index contributed by atoms with van der Waals surface area (Å²) in [6.07, 6.45) is 5.67. The van der Waals surface area contributed by atoms with Crippen LogP contribution in [0.15, 0.2) is 29.5 Å². The van der Waals surface area contributed by atoms with E-state index in [0.717, 1.165) is 49.8 Å². The van der Waals surface area contributed by atoms with Gasteiger partial charge < -0.3 is 4.90 Å². The van der Waals surface area contributed by atoms with Gasteiger partial charge in [0.05, 0.1) is 12.0 Å². The van der Waals surface area contributed by atoms with Crippen molar-refractivity contribution in [1.29, 1.82) is 0 Å². The molecule has 0 aliphatic carbocycles. The monoisotopic (exact) mass is 355 g/mol. The van der Waals surface area contributed by atoms with Crippen molar-refractivity contribution in [2.75, 3.05) is 18.0 Å². The van der Waals surface area contributed by atoms with Gasteiger partial charge in [0.25, 0.3) is 5.56 Å². The number of piperidine rings is 1. The van der Waals surface area contributed by atoms with Gasteiger partial charge in [-0.1, -0.05) is 27.7 Å². The molecule has 0 bridgehead atoms. The van der Waals surface area contributed by atoms with Gasteiger partial charge in [0.1, 0.15) is 11.6 Å². The normalized spacial score (nSPS) is 15.8. The summed E-state index contributed by atoms with van der Waals surface area (Å²) in [7, 11) is 0. The van der Waals surface area contributed by atoms with E-state index >= 15 is 0 Å². The van der Waals surface area contributed by atoms with E-state index < -0.39 is 0 Å². The molecule has 0 N–H and O–H groups in total. The first kappa shape index (κ1) is 18.5. The van der Waals surface area contributed by atoms with E-state index in [9.17, 15) is 4.79 Å². The summed E-state index contributed by atoms with van der Waals surface area (Å²) in [6.45, 7) is 11.0. The van der Waals surface area contributed by atoms with Crippen LogP contribution in [0.25, 0.3) is 0 Å². The van der Waals surface area contributed by atoms with Crippen LogP contribution in [-0.4, -0.2) is 32.6 Å². The van der Waals surface area contributed by atoms with Crippen LogP contribution < -0.4 is 10.5 Å².